The monoisotopic (exact) mass is 396 g/mol. The largest absolute Gasteiger partial charge is 0.246 e. The number of benzene rings is 4. The van der Waals surface area contributed by atoms with Crippen molar-refractivity contribution in [1.82, 2.24) is 0 Å². The third-order valence-electron chi connectivity index (χ3n) is 4.45. The number of hydrogen-bond donors (Lipinski definition) is 0. The zero-order valence-corrected chi connectivity index (χ0v) is 16.0. The van der Waals surface area contributed by atoms with Crippen LogP contribution in [0.2, 0.25) is 0 Å². The van der Waals surface area contributed by atoms with Crippen LogP contribution in [0.5, 0.6) is 0 Å². The van der Waals surface area contributed by atoms with Crippen LogP contribution in [0.25, 0.3) is 0 Å². The number of aliphatic imine (C=N–C) groups is 2. The number of halogens is 2. The van der Waals surface area contributed by atoms with E-state index in [9.17, 15) is 8.78 Å². The van der Waals surface area contributed by atoms with Gasteiger partial charge in [0.15, 0.2) is 0 Å². The lowest BCUT2D eigenvalue weighted by molar-refractivity contribution is 0.627. The van der Waals surface area contributed by atoms with Crippen molar-refractivity contribution in [2.24, 2.45) is 9.98 Å². The van der Waals surface area contributed by atoms with Crippen LogP contribution in [0.4, 0.5) is 20.2 Å². The van der Waals surface area contributed by atoms with Gasteiger partial charge in [0.1, 0.15) is 11.6 Å². The summed E-state index contributed by atoms with van der Waals surface area (Å²) in [6, 6.07) is 31.2. The van der Waals surface area contributed by atoms with Crippen LogP contribution < -0.4 is 0 Å². The van der Waals surface area contributed by atoms with Gasteiger partial charge in [-0.1, -0.05) is 36.4 Å². The summed E-state index contributed by atoms with van der Waals surface area (Å²) in [6.07, 6.45) is 0. The van der Waals surface area contributed by atoms with Crippen LogP contribution in [-0.2, 0) is 0 Å². The van der Waals surface area contributed by atoms with Crippen molar-refractivity contribution in [3.05, 3.63) is 132 Å². The molecule has 0 fully saturated rings. The standard InChI is InChI=1S/C26H18F2N2/c27-21-15-11-19(12-16-21)25(29-23-7-3-1-4-8-23)26(20-13-17-22(28)18-14-20)30-24-9-5-2-6-10-24/h1-18H. The average molecular weight is 396 g/mol. The summed E-state index contributed by atoms with van der Waals surface area (Å²) in [4.78, 5) is 9.65. The zero-order chi connectivity index (χ0) is 20.8. The molecule has 0 spiro atoms. The van der Waals surface area contributed by atoms with Crippen LogP contribution in [0.3, 0.4) is 0 Å². The van der Waals surface area contributed by atoms with Gasteiger partial charge in [-0.25, -0.2) is 18.8 Å². The fourth-order valence-corrected chi connectivity index (χ4v) is 2.99. The first-order valence-electron chi connectivity index (χ1n) is 9.49. The Kier molecular flexibility index (Phi) is 5.85. The maximum absolute atomic E-state index is 13.6. The van der Waals surface area contributed by atoms with Gasteiger partial charge in [0.25, 0.3) is 0 Å². The molecule has 0 aliphatic carbocycles. The van der Waals surface area contributed by atoms with Gasteiger partial charge in [-0.3, -0.25) is 0 Å². The van der Waals surface area contributed by atoms with Crippen molar-refractivity contribution in [2.45, 2.75) is 0 Å². The lowest BCUT2D eigenvalue weighted by atomic mass is 9.99. The molecule has 0 aromatic heterocycles. The van der Waals surface area contributed by atoms with Gasteiger partial charge in [0, 0.05) is 11.1 Å². The van der Waals surface area contributed by atoms with Gasteiger partial charge in [-0.05, 0) is 72.8 Å². The van der Waals surface area contributed by atoms with Gasteiger partial charge < -0.3 is 0 Å². The smallest absolute Gasteiger partial charge is 0.123 e. The molecule has 0 saturated carbocycles. The Morgan fingerprint density at radius 2 is 0.767 bits per heavy atom. The topological polar surface area (TPSA) is 24.7 Å². The van der Waals surface area contributed by atoms with E-state index in [0.29, 0.717) is 22.6 Å². The Bertz CT molecular complexity index is 1070. The Morgan fingerprint density at radius 3 is 1.10 bits per heavy atom. The predicted molar refractivity (Wildman–Crippen MR) is 118 cm³/mol. The van der Waals surface area contributed by atoms with E-state index in [1.165, 1.54) is 24.3 Å². The van der Waals surface area contributed by atoms with E-state index < -0.39 is 0 Å². The van der Waals surface area contributed by atoms with Crippen LogP contribution in [0, 0.1) is 11.6 Å². The van der Waals surface area contributed by atoms with E-state index in [0.717, 1.165) is 11.4 Å². The maximum Gasteiger partial charge on any atom is 0.123 e. The normalized spacial score (nSPS) is 12.1. The highest BCUT2D eigenvalue weighted by Crippen LogP contribution is 2.21. The Balaban J connectivity index is 1.94. The highest BCUT2D eigenvalue weighted by Gasteiger charge is 2.16. The summed E-state index contributed by atoms with van der Waals surface area (Å²) >= 11 is 0. The number of nitrogens with zero attached hydrogens (tertiary/aromatic N) is 2. The number of rotatable bonds is 5. The molecule has 0 atom stereocenters. The second-order valence-electron chi connectivity index (χ2n) is 6.61. The lowest BCUT2D eigenvalue weighted by Crippen LogP contribution is -2.17. The quantitative estimate of drug-likeness (QED) is 0.328. The molecule has 146 valence electrons. The molecule has 0 bridgehead atoms. The second kappa shape index (κ2) is 9.05. The lowest BCUT2D eigenvalue weighted by Gasteiger charge is -2.12. The summed E-state index contributed by atoms with van der Waals surface area (Å²) in [7, 11) is 0. The fraction of sp³-hybridized carbons (Fsp3) is 0. The number of para-hydroxylation sites is 2. The van der Waals surface area contributed by atoms with E-state index in [-0.39, 0.29) is 11.6 Å². The molecule has 0 N–H and O–H groups in total. The summed E-state index contributed by atoms with van der Waals surface area (Å²) in [6.45, 7) is 0. The summed E-state index contributed by atoms with van der Waals surface area (Å²) in [5.74, 6) is -0.665. The fourth-order valence-electron chi connectivity index (χ4n) is 2.99. The van der Waals surface area contributed by atoms with E-state index >= 15 is 0 Å². The van der Waals surface area contributed by atoms with Crippen molar-refractivity contribution in [3.8, 4) is 0 Å². The summed E-state index contributed by atoms with van der Waals surface area (Å²) < 4.78 is 27.2. The van der Waals surface area contributed by atoms with Crippen LogP contribution in [-0.4, -0.2) is 11.4 Å². The molecule has 4 aromatic rings. The molecule has 0 amide bonds. The third-order valence-corrected chi connectivity index (χ3v) is 4.45. The molecule has 4 aromatic carbocycles. The minimum atomic E-state index is -0.332. The van der Waals surface area contributed by atoms with Gasteiger partial charge in [-0.2, -0.15) is 0 Å². The predicted octanol–water partition coefficient (Wildman–Crippen LogP) is 6.91. The molecule has 0 unspecified atom stereocenters. The molecule has 0 aliphatic heterocycles. The molecule has 4 heteroatoms. The van der Waals surface area contributed by atoms with E-state index in [1.54, 1.807) is 24.3 Å². The van der Waals surface area contributed by atoms with E-state index in [2.05, 4.69) is 0 Å². The van der Waals surface area contributed by atoms with Crippen molar-refractivity contribution >= 4 is 22.8 Å². The van der Waals surface area contributed by atoms with Gasteiger partial charge in [0.05, 0.1) is 22.8 Å². The zero-order valence-electron chi connectivity index (χ0n) is 16.0. The molecular formula is C26H18F2N2. The van der Waals surface area contributed by atoms with Crippen molar-refractivity contribution < 1.29 is 8.78 Å². The van der Waals surface area contributed by atoms with E-state index in [4.69, 9.17) is 9.98 Å². The molecule has 0 radical (unpaired) electrons. The van der Waals surface area contributed by atoms with Crippen LogP contribution in [0.1, 0.15) is 11.1 Å². The first-order valence-corrected chi connectivity index (χ1v) is 9.49. The van der Waals surface area contributed by atoms with Crippen LogP contribution in [0.15, 0.2) is 119 Å². The highest BCUT2D eigenvalue weighted by atomic mass is 19.1. The molecular weight excluding hydrogens is 378 g/mol. The SMILES string of the molecule is Fc1ccc(C(=Nc2ccccc2)C(=Nc2ccccc2)c2ccc(F)cc2)cc1. The van der Waals surface area contributed by atoms with Crippen molar-refractivity contribution in [1.29, 1.82) is 0 Å². The Hall–Kier alpha value is -3.92. The molecule has 0 saturated heterocycles. The van der Waals surface area contributed by atoms with Crippen molar-refractivity contribution in [2.75, 3.05) is 0 Å². The maximum atomic E-state index is 13.6. The molecule has 0 aliphatic rings. The van der Waals surface area contributed by atoms with Gasteiger partial charge in [-0.15, -0.1) is 0 Å². The van der Waals surface area contributed by atoms with Crippen LogP contribution >= 0.6 is 0 Å². The minimum absolute atomic E-state index is 0.332. The molecule has 30 heavy (non-hydrogen) atoms. The Morgan fingerprint density at radius 1 is 0.433 bits per heavy atom. The third kappa shape index (κ3) is 4.73. The Labute approximate surface area is 173 Å². The summed E-state index contributed by atoms with van der Waals surface area (Å²) in [5, 5.41) is 0. The highest BCUT2D eigenvalue weighted by molar-refractivity contribution is 6.54. The minimum Gasteiger partial charge on any atom is -0.246 e. The van der Waals surface area contributed by atoms with Gasteiger partial charge in [0.2, 0.25) is 0 Å². The molecule has 2 nitrogen and oxygen atoms in total. The number of hydrogen-bond acceptors (Lipinski definition) is 2. The molecule has 4 rings (SSSR count). The van der Waals surface area contributed by atoms with E-state index in [1.807, 2.05) is 60.7 Å². The van der Waals surface area contributed by atoms with Gasteiger partial charge >= 0.3 is 0 Å². The first-order chi connectivity index (χ1) is 14.7. The molecule has 0 heterocycles. The first kappa shape index (κ1) is 19.4. The second-order valence-corrected chi connectivity index (χ2v) is 6.61. The average Bonchev–Trinajstić information content (AvgIpc) is 2.79. The summed E-state index contributed by atoms with van der Waals surface area (Å²) in [5.41, 5.74) is 4.02. The van der Waals surface area contributed by atoms with Crippen molar-refractivity contribution in [3.63, 3.8) is 0 Å².